The fourth-order valence-electron chi connectivity index (χ4n) is 1.18. The minimum absolute atomic E-state index is 0.335. The third kappa shape index (κ3) is 1.90. The molecule has 66 valence electrons. The third-order valence-corrected chi connectivity index (χ3v) is 1.94. The fraction of sp³-hybridized carbons (Fsp3) is 1.00. The Hall–Kier alpha value is -0.160. The van der Waals surface area contributed by atoms with Gasteiger partial charge in [0.05, 0.1) is 12.2 Å². The first-order chi connectivity index (χ1) is 5.15. The lowest BCUT2D eigenvalue weighted by Gasteiger charge is -2.34. The Balaban J connectivity index is 2.47. The molecule has 0 aromatic heterocycles. The lowest BCUT2D eigenvalue weighted by molar-refractivity contribution is -0.237. The molecule has 0 aliphatic carbocycles. The number of hydrogen-bond acceptors (Lipinski definition) is 4. The fourth-order valence-corrected chi connectivity index (χ4v) is 1.18. The highest BCUT2D eigenvalue weighted by molar-refractivity contribution is 4.79. The summed E-state index contributed by atoms with van der Waals surface area (Å²) in [6.45, 7) is 1.71. The molecule has 0 amide bonds. The summed E-state index contributed by atoms with van der Waals surface area (Å²) in [6, 6.07) is 0. The lowest BCUT2D eigenvalue weighted by Crippen LogP contribution is -2.47. The van der Waals surface area contributed by atoms with Crippen LogP contribution in [0.1, 0.15) is 13.3 Å². The maximum absolute atomic E-state index is 9.24. The highest BCUT2D eigenvalue weighted by atomic mass is 16.7. The Bertz CT molecular complexity index is 116. The molecule has 1 fully saturated rings. The maximum atomic E-state index is 9.24. The van der Waals surface area contributed by atoms with Gasteiger partial charge < -0.3 is 19.7 Å². The van der Waals surface area contributed by atoms with Gasteiger partial charge in [-0.25, -0.2) is 0 Å². The first kappa shape index (κ1) is 8.93. The Labute approximate surface area is 65.7 Å². The molecule has 0 spiro atoms. The Kier molecular flexibility index (Phi) is 2.84. The summed E-state index contributed by atoms with van der Waals surface area (Å²) in [7, 11) is 1.52. The van der Waals surface area contributed by atoms with Crippen LogP contribution < -0.4 is 0 Å². The van der Waals surface area contributed by atoms with E-state index >= 15 is 0 Å². The standard InChI is InChI=1S/C7H14O4/c1-4-7(9)5(8)3-6(10-2)11-4/h4-9H,3H2,1-2H3/t4?,5-,6+,7-/m1/s1. The molecule has 4 nitrogen and oxygen atoms in total. The zero-order valence-electron chi connectivity index (χ0n) is 6.73. The van der Waals surface area contributed by atoms with Gasteiger partial charge in [-0.15, -0.1) is 0 Å². The normalized spacial score (nSPS) is 45.8. The number of ether oxygens (including phenoxy) is 2. The van der Waals surface area contributed by atoms with Crippen molar-refractivity contribution in [3.63, 3.8) is 0 Å². The molecular weight excluding hydrogens is 148 g/mol. The van der Waals surface area contributed by atoms with E-state index in [0.29, 0.717) is 6.42 Å². The molecule has 1 aliphatic rings. The second-order valence-corrected chi connectivity index (χ2v) is 2.80. The minimum Gasteiger partial charge on any atom is -0.390 e. The summed E-state index contributed by atoms with van der Waals surface area (Å²) in [5.41, 5.74) is 0. The minimum atomic E-state index is -0.790. The van der Waals surface area contributed by atoms with Crippen molar-refractivity contribution < 1.29 is 19.7 Å². The van der Waals surface area contributed by atoms with Crippen molar-refractivity contribution in [2.45, 2.75) is 37.9 Å². The molecule has 0 aromatic rings. The van der Waals surface area contributed by atoms with Gasteiger partial charge >= 0.3 is 0 Å². The van der Waals surface area contributed by atoms with E-state index in [-0.39, 0.29) is 12.4 Å². The number of hydrogen-bond donors (Lipinski definition) is 2. The van der Waals surface area contributed by atoms with Crippen molar-refractivity contribution in [2.24, 2.45) is 0 Å². The van der Waals surface area contributed by atoms with Gasteiger partial charge in [-0.3, -0.25) is 0 Å². The summed E-state index contributed by atoms with van der Waals surface area (Å²) >= 11 is 0. The molecule has 2 N–H and O–H groups in total. The van der Waals surface area contributed by atoms with E-state index in [9.17, 15) is 10.2 Å². The van der Waals surface area contributed by atoms with Crippen molar-refractivity contribution in [1.82, 2.24) is 0 Å². The van der Waals surface area contributed by atoms with Crippen molar-refractivity contribution in [3.05, 3.63) is 0 Å². The SMILES string of the molecule is CO[C@@H]1C[C@@H](O)[C@H](O)C(C)O1. The van der Waals surface area contributed by atoms with Gasteiger partial charge in [0.15, 0.2) is 6.29 Å². The smallest absolute Gasteiger partial charge is 0.160 e. The summed E-state index contributed by atoms with van der Waals surface area (Å²) in [5.74, 6) is 0. The van der Waals surface area contributed by atoms with Gasteiger partial charge in [-0.05, 0) is 6.92 Å². The number of aliphatic hydroxyl groups is 2. The average Bonchev–Trinajstić information content (AvgIpc) is 1.99. The van der Waals surface area contributed by atoms with Crippen LogP contribution in [0.5, 0.6) is 0 Å². The molecule has 4 heteroatoms. The summed E-state index contributed by atoms with van der Waals surface area (Å²) < 4.78 is 10.1. The largest absolute Gasteiger partial charge is 0.390 e. The van der Waals surface area contributed by atoms with Crippen LogP contribution in [0.4, 0.5) is 0 Å². The molecular formula is C7H14O4. The summed E-state index contributed by atoms with van der Waals surface area (Å²) in [4.78, 5) is 0. The quantitative estimate of drug-likeness (QED) is 0.545. The van der Waals surface area contributed by atoms with Crippen LogP contribution in [0.15, 0.2) is 0 Å². The summed E-state index contributed by atoms with van der Waals surface area (Å²) in [5, 5.41) is 18.5. The van der Waals surface area contributed by atoms with Crippen LogP contribution in [0.2, 0.25) is 0 Å². The first-order valence-electron chi connectivity index (χ1n) is 3.69. The number of aliphatic hydroxyl groups excluding tert-OH is 2. The molecule has 11 heavy (non-hydrogen) atoms. The second kappa shape index (κ2) is 3.49. The van der Waals surface area contributed by atoms with Crippen LogP contribution in [0, 0.1) is 0 Å². The first-order valence-corrected chi connectivity index (χ1v) is 3.69. The van der Waals surface area contributed by atoms with Crippen LogP contribution in [0.3, 0.4) is 0 Å². The van der Waals surface area contributed by atoms with Crippen LogP contribution >= 0.6 is 0 Å². The summed E-state index contributed by atoms with van der Waals surface area (Å²) in [6.07, 6.45) is -1.93. The number of methoxy groups -OCH3 is 1. The van der Waals surface area contributed by atoms with E-state index in [1.807, 2.05) is 0 Å². The highest BCUT2D eigenvalue weighted by Crippen LogP contribution is 2.19. The van der Waals surface area contributed by atoms with Crippen molar-refractivity contribution in [2.75, 3.05) is 7.11 Å². The molecule has 4 atom stereocenters. The topological polar surface area (TPSA) is 58.9 Å². The van der Waals surface area contributed by atoms with Crippen molar-refractivity contribution >= 4 is 0 Å². The van der Waals surface area contributed by atoms with Crippen molar-refractivity contribution in [3.8, 4) is 0 Å². The lowest BCUT2D eigenvalue weighted by atomic mass is 10.0. The van der Waals surface area contributed by atoms with Gasteiger partial charge in [-0.2, -0.15) is 0 Å². The molecule has 1 aliphatic heterocycles. The Morgan fingerprint density at radius 1 is 1.45 bits per heavy atom. The van der Waals surface area contributed by atoms with E-state index in [1.54, 1.807) is 6.92 Å². The van der Waals surface area contributed by atoms with Crippen LogP contribution in [-0.4, -0.2) is 41.9 Å². The molecule has 0 radical (unpaired) electrons. The third-order valence-electron chi connectivity index (χ3n) is 1.94. The zero-order valence-corrected chi connectivity index (χ0v) is 6.73. The second-order valence-electron chi connectivity index (χ2n) is 2.80. The zero-order chi connectivity index (χ0) is 8.43. The van der Waals surface area contributed by atoms with E-state index in [2.05, 4.69) is 0 Å². The molecule has 1 rings (SSSR count). The van der Waals surface area contributed by atoms with Gasteiger partial charge in [0, 0.05) is 13.5 Å². The van der Waals surface area contributed by atoms with E-state index in [4.69, 9.17) is 9.47 Å². The monoisotopic (exact) mass is 162 g/mol. The maximum Gasteiger partial charge on any atom is 0.160 e. The number of rotatable bonds is 1. The van der Waals surface area contributed by atoms with E-state index in [0.717, 1.165) is 0 Å². The predicted molar refractivity (Wildman–Crippen MR) is 38.0 cm³/mol. The van der Waals surface area contributed by atoms with Gasteiger partial charge in [0.25, 0.3) is 0 Å². The van der Waals surface area contributed by atoms with Crippen LogP contribution in [-0.2, 0) is 9.47 Å². The molecule has 0 bridgehead atoms. The molecule has 1 heterocycles. The van der Waals surface area contributed by atoms with Crippen LogP contribution in [0.25, 0.3) is 0 Å². The van der Waals surface area contributed by atoms with Gasteiger partial charge in [0.2, 0.25) is 0 Å². The van der Waals surface area contributed by atoms with E-state index in [1.165, 1.54) is 7.11 Å². The average molecular weight is 162 g/mol. The highest BCUT2D eigenvalue weighted by Gasteiger charge is 2.33. The van der Waals surface area contributed by atoms with Crippen molar-refractivity contribution in [1.29, 1.82) is 0 Å². The molecule has 1 unspecified atom stereocenters. The Morgan fingerprint density at radius 2 is 2.09 bits per heavy atom. The molecule has 0 aromatic carbocycles. The van der Waals surface area contributed by atoms with Gasteiger partial charge in [-0.1, -0.05) is 0 Å². The van der Waals surface area contributed by atoms with E-state index < -0.39 is 12.2 Å². The Morgan fingerprint density at radius 3 is 2.55 bits per heavy atom. The molecule has 1 saturated heterocycles. The predicted octanol–water partition coefficient (Wildman–Crippen LogP) is -0.510. The van der Waals surface area contributed by atoms with Gasteiger partial charge in [0.1, 0.15) is 6.10 Å². The molecule has 0 saturated carbocycles.